The maximum Gasteiger partial charge on any atom is 0.315 e. The minimum Gasteiger partial charge on any atom is -0.465 e. The topological polar surface area (TPSA) is 104 Å². The molecule has 2 N–H and O–H groups in total. The van der Waals surface area contributed by atoms with Crippen LogP contribution in [0.25, 0.3) is 0 Å². The van der Waals surface area contributed by atoms with E-state index >= 15 is 0 Å². The van der Waals surface area contributed by atoms with Crippen LogP contribution in [0.4, 0.5) is 0 Å². The van der Waals surface area contributed by atoms with Crippen molar-refractivity contribution in [2.75, 3.05) is 32.8 Å². The van der Waals surface area contributed by atoms with Crippen molar-refractivity contribution in [3.05, 3.63) is 53.5 Å². The number of hydrogen-bond donors (Lipinski definition) is 2. The lowest BCUT2D eigenvalue weighted by atomic mass is 9.88. The molecule has 0 bridgehead atoms. The summed E-state index contributed by atoms with van der Waals surface area (Å²) >= 11 is 0. The van der Waals surface area contributed by atoms with Crippen LogP contribution in [0.2, 0.25) is 0 Å². The van der Waals surface area contributed by atoms with Gasteiger partial charge in [-0.3, -0.25) is 34.5 Å². The third-order valence-electron chi connectivity index (χ3n) is 7.74. The normalized spacial score (nSPS) is 24.2. The lowest BCUT2D eigenvalue weighted by molar-refractivity contribution is -0.169. The number of carbonyl (C=O) groups is 3. The Morgan fingerprint density at radius 1 is 1.22 bits per heavy atom. The molecule has 0 radical (unpaired) electrons. The van der Waals surface area contributed by atoms with Crippen molar-refractivity contribution in [1.82, 2.24) is 25.4 Å². The Balaban J connectivity index is 1.14. The lowest BCUT2D eigenvalue weighted by Gasteiger charge is -2.45. The standard InChI is InChI=1S/C27H35N5O4/c1-2-36-27(35)22(20-6-3-11-28-16-20)17-32-25(33)23(26(32)34)31-13-9-18(10-14-31)15-21-8-7-19-5-4-12-29-24(19)30-21/h3,6-8,11,16,18,22-24,29-30H,2,4-5,9-10,12-15,17H2,1H3/t22-,24?/m1/s1. The molecule has 9 nitrogen and oxygen atoms in total. The highest BCUT2D eigenvalue weighted by Crippen LogP contribution is 2.31. The number of piperidine rings is 2. The van der Waals surface area contributed by atoms with E-state index in [2.05, 4.69) is 27.8 Å². The first-order valence-electron chi connectivity index (χ1n) is 13.1. The Bertz CT molecular complexity index is 1030. The molecule has 9 heteroatoms. The van der Waals surface area contributed by atoms with E-state index in [0.29, 0.717) is 11.5 Å². The fraction of sp³-hybridized carbons (Fsp3) is 0.556. The second-order valence-corrected chi connectivity index (χ2v) is 10.0. The summed E-state index contributed by atoms with van der Waals surface area (Å²) in [5.74, 6) is -1.11. The third-order valence-corrected chi connectivity index (χ3v) is 7.74. The summed E-state index contributed by atoms with van der Waals surface area (Å²) in [7, 11) is 0. The van der Waals surface area contributed by atoms with Crippen LogP contribution in [-0.4, -0.2) is 77.6 Å². The maximum atomic E-state index is 13.0. The number of likely N-dealkylation sites (tertiary alicyclic amines) is 2. The lowest BCUT2D eigenvalue weighted by Crippen LogP contribution is -2.69. The van der Waals surface area contributed by atoms with Gasteiger partial charge in [0.05, 0.1) is 12.8 Å². The van der Waals surface area contributed by atoms with E-state index < -0.39 is 17.9 Å². The number of nitrogens with one attached hydrogen (secondary N) is 2. The molecular weight excluding hydrogens is 458 g/mol. The van der Waals surface area contributed by atoms with Gasteiger partial charge in [-0.05, 0) is 87.9 Å². The predicted molar refractivity (Wildman–Crippen MR) is 133 cm³/mol. The van der Waals surface area contributed by atoms with Crippen molar-refractivity contribution in [1.29, 1.82) is 0 Å². The maximum absolute atomic E-state index is 13.0. The summed E-state index contributed by atoms with van der Waals surface area (Å²) in [6, 6.07) is 2.77. The van der Waals surface area contributed by atoms with E-state index in [1.807, 2.05) is 4.90 Å². The fourth-order valence-electron chi connectivity index (χ4n) is 5.69. The molecule has 0 aromatic carbocycles. The largest absolute Gasteiger partial charge is 0.465 e. The van der Waals surface area contributed by atoms with E-state index in [9.17, 15) is 14.4 Å². The van der Waals surface area contributed by atoms with Gasteiger partial charge < -0.3 is 10.1 Å². The number of hydrogen-bond acceptors (Lipinski definition) is 8. The van der Waals surface area contributed by atoms with Gasteiger partial charge in [0.15, 0.2) is 6.04 Å². The van der Waals surface area contributed by atoms with Crippen LogP contribution >= 0.6 is 0 Å². The molecule has 3 fully saturated rings. The molecule has 1 aromatic rings. The monoisotopic (exact) mass is 493 g/mol. The molecule has 2 amide bonds. The molecule has 5 rings (SSSR count). The molecule has 2 atom stereocenters. The number of allylic oxidation sites excluding steroid dienone is 3. The van der Waals surface area contributed by atoms with Crippen LogP contribution in [0, 0.1) is 5.92 Å². The Hall–Kier alpha value is -3.04. The Labute approximate surface area is 211 Å². The number of aromatic nitrogens is 1. The third kappa shape index (κ3) is 5.08. The van der Waals surface area contributed by atoms with Crippen LogP contribution < -0.4 is 10.6 Å². The van der Waals surface area contributed by atoms with Crippen molar-refractivity contribution < 1.29 is 19.1 Å². The van der Waals surface area contributed by atoms with Crippen molar-refractivity contribution >= 4 is 17.8 Å². The zero-order valence-electron chi connectivity index (χ0n) is 20.8. The van der Waals surface area contributed by atoms with Crippen molar-refractivity contribution in [2.45, 2.75) is 57.2 Å². The van der Waals surface area contributed by atoms with Crippen LogP contribution in [0.15, 0.2) is 47.9 Å². The highest BCUT2D eigenvalue weighted by atomic mass is 16.5. The number of ether oxygens (including phenoxy) is 1. The van der Waals surface area contributed by atoms with Crippen molar-refractivity contribution in [3.8, 4) is 0 Å². The number of pyridine rings is 1. The van der Waals surface area contributed by atoms with E-state index in [1.54, 1.807) is 31.5 Å². The molecule has 4 aliphatic rings. The number of β-lactam (4-membered cyclic amide) rings is 2. The Morgan fingerprint density at radius 2 is 2.03 bits per heavy atom. The average Bonchev–Trinajstić information content (AvgIpc) is 2.91. The number of esters is 1. The highest BCUT2D eigenvalue weighted by molar-refractivity contribution is 6.21. The highest BCUT2D eigenvalue weighted by Gasteiger charge is 2.51. The van der Waals surface area contributed by atoms with Gasteiger partial charge in [0.2, 0.25) is 0 Å². The number of fused-ring (bicyclic) bond motifs is 1. The number of rotatable bonds is 8. The predicted octanol–water partition coefficient (Wildman–Crippen LogP) is 1.69. The second kappa shape index (κ2) is 10.9. The molecule has 1 unspecified atom stereocenters. The fourth-order valence-corrected chi connectivity index (χ4v) is 5.69. The van der Waals surface area contributed by atoms with Gasteiger partial charge in [0.25, 0.3) is 11.8 Å². The van der Waals surface area contributed by atoms with E-state index in [4.69, 9.17) is 4.74 Å². The molecule has 192 valence electrons. The zero-order valence-corrected chi connectivity index (χ0v) is 20.8. The van der Waals surface area contributed by atoms with E-state index in [0.717, 1.165) is 45.3 Å². The summed E-state index contributed by atoms with van der Waals surface area (Å²) in [5.41, 5.74) is 3.33. The van der Waals surface area contributed by atoms with Gasteiger partial charge in [0, 0.05) is 24.6 Å². The van der Waals surface area contributed by atoms with Crippen LogP contribution in [-0.2, 0) is 19.1 Å². The van der Waals surface area contributed by atoms with Gasteiger partial charge in [0.1, 0.15) is 5.92 Å². The van der Waals surface area contributed by atoms with E-state index in [1.165, 1.54) is 22.6 Å². The van der Waals surface area contributed by atoms with Crippen LogP contribution in [0.3, 0.4) is 0 Å². The Kier molecular flexibility index (Phi) is 7.48. The first-order chi connectivity index (χ1) is 17.5. The number of carbonyl (C=O) groups excluding carboxylic acids is 3. The quantitative estimate of drug-likeness (QED) is 0.320. The molecule has 1 aromatic heterocycles. The molecule has 0 aliphatic carbocycles. The number of nitrogens with zero attached hydrogens (tertiary/aromatic N) is 3. The van der Waals surface area contributed by atoms with Crippen molar-refractivity contribution in [3.63, 3.8) is 0 Å². The summed E-state index contributed by atoms with van der Waals surface area (Å²) in [6.45, 7) is 4.44. The van der Waals surface area contributed by atoms with E-state index in [-0.39, 0.29) is 31.1 Å². The molecule has 36 heavy (non-hydrogen) atoms. The number of dihydropyridines is 1. The molecule has 0 saturated carbocycles. The molecule has 5 heterocycles. The Morgan fingerprint density at radius 3 is 2.75 bits per heavy atom. The minimum absolute atomic E-state index is 0.0142. The minimum atomic E-state index is -0.734. The smallest absolute Gasteiger partial charge is 0.315 e. The van der Waals surface area contributed by atoms with Gasteiger partial charge >= 0.3 is 5.97 Å². The molecule has 4 aliphatic heterocycles. The summed E-state index contributed by atoms with van der Waals surface area (Å²) in [5, 5.41) is 7.18. The molecular formula is C27H35N5O4. The van der Waals surface area contributed by atoms with Gasteiger partial charge in [-0.15, -0.1) is 0 Å². The first kappa shape index (κ1) is 24.6. The first-order valence-corrected chi connectivity index (χ1v) is 13.1. The van der Waals surface area contributed by atoms with Gasteiger partial charge in [-0.1, -0.05) is 12.1 Å². The molecule has 3 saturated heterocycles. The SMILES string of the molecule is CCOC(=O)[C@H](CN1C(=O)C(N2CCC(CC3=CC=C4CCCNC4N3)CC2)C1=O)c1cccnc1. The van der Waals surface area contributed by atoms with Crippen LogP contribution in [0.5, 0.6) is 0 Å². The average molecular weight is 494 g/mol. The second-order valence-electron chi connectivity index (χ2n) is 10.0. The van der Waals surface area contributed by atoms with Crippen LogP contribution in [0.1, 0.15) is 50.5 Å². The number of amides is 2. The molecule has 0 spiro atoms. The zero-order chi connectivity index (χ0) is 25.1. The summed E-state index contributed by atoms with van der Waals surface area (Å²) in [4.78, 5) is 45.9. The summed E-state index contributed by atoms with van der Waals surface area (Å²) < 4.78 is 5.20. The van der Waals surface area contributed by atoms with Crippen molar-refractivity contribution in [2.24, 2.45) is 5.92 Å². The summed E-state index contributed by atoms with van der Waals surface area (Å²) in [6.07, 6.45) is 13.2. The van der Waals surface area contributed by atoms with Gasteiger partial charge in [-0.25, -0.2) is 0 Å². The van der Waals surface area contributed by atoms with Gasteiger partial charge in [-0.2, -0.15) is 0 Å². The number of imide groups is 1.